The highest BCUT2D eigenvalue weighted by Crippen LogP contribution is 2.39. The molecule has 16 heavy (non-hydrogen) atoms. The van der Waals surface area contributed by atoms with Crippen LogP contribution < -0.4 is 9.64 Å². The van der Waals surface area contributed by atoms with Crippen LogP contribution in [0.3, 0.4) is 0 Å². The molecule has 1 amide bonds. The normalized spacial score (nSPS) is 18.9. The van der Waals surface area contributed by atoms with E-state index >= 15 is 0 Å². The van der Waals surface area contributed by atoms with Crippen molar-refractivity contribution in [3.05, 3.63) is 22.7 Å². The van der Waals surface area contributed by atoms with Crippen molar-refractivity contribution in [1.29, 1.82) is 0 Å². The zero-order valence-electron chi connectivity index (χ0n) is 8.26. The number of carboxylic acid groups (broad SMARTS) is 1. The Hall–Kier alpha value is -1.27. The summed E-state index contributed by atoms with van der Waals surface area (Å²) < 4.78 is 6.17. The summed E-state index contributed by atoms with van der Waals surface area (Å²) >= 11 is 3.29. The van der Waals surface area contributed by atoms with Crippen LogP contribution in [-0.4, -0.2) is 35.6 Å². The third-order valence-electron chi connectivity index (χ3n) is 2.34. The molecular formula is C10H10BrNO4. The predicted molar refractivity (Wildman–Crippen MR) is 61.0 cm³/mol. The number of ether oxygens (including phenoxy) is 1. The van der Waals surface area contributed by atoms with Crippen molar-refractivity contribution in [2.75, 3.05) is 18.1 Å². The number of fused-ring (bicyclic) bond motifs is 1. The highest BCUT2D eigenvalue weighted by molar-refractivity contribution is 9.10. The lowest BCUT2D eigenvalue weighted by molar-refractivity contribution is 0.109. The molecule has 0 aliphatic carbocycles. The molecule has 0 bridgehead atoms. The first kappa shape index (κ1) is 11.2. The standard InChI is InChI=1S/C10H10BrNO4/c11-7-2-1-3-8-9(7)16-6(5-13)4-12(8)10(14)15/h1-3,6,13H,4-5H2,(H,14,15). The Morgan fingerprint density at radius 1 is 1.62 bits per heavy atom. The summed E-state index contributed by atoms with van der Waals surface area (Å²) in [5, 5.41) is 18.1. The second-order valence-corrected chi connectivity index (χ2v) is 4.26. The summed E-state index contributed by atoms with van der Waals surface area (Å²) in [6, 6.07) is 5.17. The number of hydrogen-bond acceptors (Lipinski definition) is 3. The molecule has 1 aromatic rings. The first-order valence-electron chi connectivity index (χ1n) is 4.70. The number of anilines is 1. The first-order valence-corrected chi connectivity index (χ1v) is 5.49. The van der Waals surface area contributed by atoms with Crippen molar-refractivity contribution in [2.45, 2.75) is 6.10 Å². The molecule has 1 heterocycles. The van der Waals surface area contributed by atoms with Gasteiger partial charge in [-0.3, -0.25) is 4.90 Å². The van der Waals surface area contributed by atoms with Crippen molar-refractivity contribution < 1.29 is 19.7 Å². The van der Waals surface area contributed by atoms with Gasteiger partial charge in [0.1, 0.15) is 6.10 Å². The highest BCUT2D eigenvalue weighted by atomic mass is 79.9. The third kappa shape index (κ3) is 1.85. The van der Waals surface area contributed by atoms with Crippen LogP contribution in [0.4, 0.5) is 10.5 Å². The zero-order chi connectivity index (χ0) is 11.7. The van der Waals surface area contributed by atoms with Gasteiger partial charge >= 0.3 is 6.09 Å². The highest BCUT2D eigenvalue weighted by Gasteiger charge is 2.30. The minimum atomic E-state index is -1.05. The van der Waals surface area contributed by atoms with E-state index in [-0.39, 0.29) is 13.2 Å². The first-order chi connectivity index (χ1) is 7.63. The second-order valence-electron chi connectivity index (χ2n) is 3.40. The van der Waals surface area contributed by atoms with Crippen LogP contribution in [0, 0.1) is 0 Å². The van der Waals surface area contributed by atoms with Gasteiger partial charge in [-0.25, -0.2) is 4.79 Å². The van der Waals surface area contributed by atoms with E-state index in [2.05, 4.69) is 15.9 Å². The van der Waals surface area contributed by atoms with Crippen molar-refractivity contribution in [1.82, 2.24) is 0 Å². The SMILES string of the molecule is O=C(O)N1CC(CO)Oc2c(Br)cccc21. The summed E-state index contributed by atoms with van der Waals surface area (Å²) in [5.74, 6) is 0.454. The molecule has 1 unspecified atom stereocenters. The Morgan fingerprint density at radius 2 is 2.38 bits per heavy atom. The van der Waals surface area contributed by atoms with Gasteiger partial charge in [0.15, 0.2) is 5.75 Å². The third-order valence-corrected chi connectivity index (χ3v) is 2.97. The summed E-state index contributed by atoms with van der Waals surface area (Å²) in [6.07, 6.45) is -1.58. The fourth-order valence-electron chi connectivity index (χ4n) is 1.61. The lowest BCUT2D eigenvalue weighted by Gasteiger charge is -2.32. The summed E-state index contributed by atoms with van der Waals surface area (Å²) in [4.78, 5) is 12.2. The number of aliphatic hydroxyl groups is 1. The Labute approximate surface area is 100 Å². The fourth-order valence-corrected chi connectivity index (χ4v) is 2.06. The zero-order valence-corrected chi connectivity index (χ0v) is 9.85. The van der Waals surface area contributed by atoms with Gasteiger partial charge < -0.3 is 14.9 Å². The van der Waals surface area contributed by atoms with Crippen LogP contribution in [-0.2, 0) is 0 Å². The molecule has 0 aromatic heterocycles. The maximum atomic E-state index is 11.1. The van der Waals surface area contributed by atoms with Crippen molar-refractivity contribution in [3.63, 3.8) is 0 Å². The molecule has 0 radical (unpaired) electrons. The van der Waals surface area contributed by atoms with E-state index < -0.39 is 12.2 Å². The molecule has 0 spiro atoms. The predicted octanol–water partition coefficient (Wildman–Crippen LogP) is 1.69. The molecule has 86 valence electrons. The second kappa shape index (κ2) is 4.31. The van der Waals surface area contributed by atoms with Crippen molar-refractivity contribution in [2.24, 2.45) is 0 Å². The van der Waals surface area contributed by atoms with Gasteiger partial charge in [-0.15, -0.1) is 0 Å². The van der Waals surface area contributed by atoms with E-state index in [4.69, 9.17) is 14.9 Å². The molecular weight excluding hydrogens is 278 g/mol. The number of amides is 1. The molecule has 2 N–H and O–H groups in total. The van der Waals surface area contributed by atoms with E-state index in [0.29, 0.717) is 15.9 Å². The molecule has 1 aliphatic heterocycles. The maximum Gasteiger partial charge on any atom is 0.412 e. The van der Waals surface area contributed by atoms with Gasteiger partial charge in [0.05, 0.1) is 23.3 Å². The molecule has 1 aliphatic rings. The Balaban J connectivity index is 2.46. The van der Waals surface area contributed by atoms with Crippen molar-refractivity contribution >= 4 is 27.7 Å². The number of rotatable bonds is 1. The van der Waals surface area contributed by atoms with Crippen LogP contribution >= 0.6 is 15.9 Å². The van der Waals surface area contributed by atoms with Gasteiger partial charge in [-0.05, 0) is 28.1 Å². The minimum absolute atomic E-state index is 0.134. The molecule has 2 rings (SSSR count). The summed E-state index contributed by atoms with van der Waals surface area (Å²) in [7, 11) is 0. The number of halogens is 1. The van der Waals surface area contributed by atoms with Gasteiger partial charge in [0.25, 0.3) is 0 Å². The lowest BCUT2D eigenvalue weighted by atomic mass is 10.2. The van der Waals surface area contributed by atoms with E-state index in [0.717, 1.165) is 0 Å². The van der Waals surface area contributed by atoms with Gasteiger partial charge in [0, 0.05) is 0 Å². The van der Waals surface area contributed by atoms with E-state index in [1.165, 1.54) is 4.90 Å². The molecule has 1 atom stereocenters. The van der Waals surface area contributed by atoms with Crippen LogP contribution in [0.15, 0.2) is 22.7 Å². The number of nitrogens with zero attached hydrogens (tertiary/aromatic N) is 1. The fraction of sp³-hybridized carbons (Fsp3) is 0.300. The van der Waals surface area contributed by atoms with Crippen LogP contribution in [0.5, 0.6) is 5.75 Å². The number of para-hydroxylation sites is 1. The van der Waals surface area contributed by atoms with Gasteiger partial charge in [-0.2, -0.15) is 0 Å². The molecule has 6 heteroatoms. The largest absolute Gasteiger partial charge is 0.483 e. The molecule has 5 nitrogen and oxygen atoms in total. The van der Waals surface area contributed by atoms with E-state index in [1.807, 2.05) is 0 Å². The molecule has 0 fully saturated rings. The number of hydrogen-bond donors (Lipinski definition) is 2. The quantitative estimate of drug-likeness (QED) is 0.825. The molecule has 1 aromatic carbocycles. The summed E-state index contributed by atoms with van der Waals surface area (Å²) in [5.41, 5.74) is 0.492. The Bertz CT molecular complexity index is 423. The summed E-state index contributed by atoms with van der Waals surface area (Å²) in [6.45, 7) is -0.0835. The average Bonchev–Trinajstić information content (AvgIpc) is 2.28. The Kier molecular flexibility index (Phi) is 3.02. The average molecular weight is 288 g/mol. The monoisotopic (exact) mass is 287 g/mol. The number of carbonyl (C=O) groups is 1. The van der Waals surface area contributed by atoms with Gasteiger partial charge in [0.2, 0.25) is 0 Å². The van der Waals surface area contributed by atoms with Crippen molar-refractivity contribution in [3.8, 4) is 5.75 Å². The topological polar surface area (TPSA) is 70.0 Å². The number of aliphatic hydroxyl groups excluding tert-OH is 1. The number of benzene rings is 1. The van der Waals surface area contributed by atoms with E-state index in [1.54, 1.807) is 18.2 Å². The van der Waals surface area contributed by atoms with Crippen LogP contribution in [0.2, 0.25) is 0 Å². The van der Waals surface area contributed by atoms with Crippen LogP contribution in [0.25, 0.3) is 0 Å². The Morgan fingerprint density at radius 3 is 3.00 bits per heavy atom. The smallest absolute Gasteiger partial charge is 0.412 e. The maximum absolute atomic E-state index is 11.1. The van der Waals surface area contributed by atoms with Gasteiger partial charge in [-0.1, -0.05) is 6.07 Å². The van der Waals surface area contributed by atoms with Crippen LogP contribution in [0.1, 0.15) is 0 Å². The molecule has 0 saturated heterocycles. The molecule has 0 saturated carbocycles. The van der Waals surface area contributed by atoms with E-state index in [9.17, 15) is 4.79 Å². The lowest BCUT2D eigenvalue weighted by Crippen LogP contribution is -2.44. The minimum Gasteiger partial charge on any atom is -0.483 e.